The first-order valence-corrected chi connectivity index (χ1v) is 18.7. The van der Waals surface area contributed by atoms with E-state index in [1.54, 1.807) is 0 Å². The van der Waals surface area contributed by atoms with Crippen LogP contribution in [-0.4, -0.2) is 24.6 Å². The minimum atomic E-state index is 1.26. The molecule has 0 aromatic heterocycles. The molecule has 0 saturated heterocycles. The fourth-order valence-corrected chi connectivity index (χ4v) is 7.48. The molecule has 0 bridgehead atoms. The summed E-state index contributed by atoms with van der Waals surface area (Å²) in [6.45, 7) is 4.62. The van der Waals surface area contributed by atoms with Crippen LogP contribution >= 0.6 is 17.2 Å². The zero-order chi connectivity index (χ0) is 23.9. The lowest BCUT2D eigenvalue weighted by Gasteiger charge is -2.05. The number of unbranched alkanes of at least 4 members (excludes halogenated alkanes) is 22. The van der Waals surface area contributed by atoms with Crippen molar-refractivity contribution in [2.45, 2.75) is 174 Å². The second-order valence-corrected chi connectivity index (χ2v) is 13.6. The molecule has 0 aromatic carbocycles. The van der Waals surface area contributed by atoms with Crippen LogP contribution in [0.15, 0.2) is 0 Å². The molecule has 0 saturated carbocycles. The molecule has 2 atom stereocenters. The van der Waals surface area contributed by atoms with Crippen LogP contribution in [0.3, 0.4) is 0 Å². The fraction of sp³-hybridized carbons (Fsp3) is 1.00. The van der Waals surface area contributed by atoms with Crippen LogP contribution in [0.25, 0.3) is 0 Å². The summed E-state index contributed by atoms with van der Waals surface area (Å²) in [5, 5.41) is 0. The molecule has 0 N–H and O–H groups in total. The van der Waals surface area contributed by atoms with Crippen molar-refractivity contribution in [2.75, 3.05) is 24.6 Å². The van der Waals surface area contributed by atoms with Crippen molar-refractivity contribution in [1.82, 2.24) is 0 Å². The smallest absolute Gasteiger partial charge is 0.0350 e. The standard InChI is InChI=1S/C31H66P2/c1-3-5-7-9-11-13-15-17-19-21-23-25-28-32-30-27-31-33-29-26-24-22-20-18-16-14-12-10-8-6-4-2/h32-33H,3-31H2,1-2H3. The number of hydrogen-bond acceptors (Lipinski definition) is 0. The van der Waals surface area contributed by atoms with Gasteiger partial charge >= 0.3 is 0 Å². The lowest BCUT2D eigenvalue weighted by Crippen LogP contribution is -1.87. The molecular formula is C31H66P2. The lowest BCUT2D eigenvalue weighted by molar-refractivity contribution is 0.548. The van der Waals surface area contributed by atoms with Gasteiger partial charge in [0.2, 0.25) is 0 Å². The Bertz CT molecular complexity index is 288. The van der Waals surface area contributed by atoms with Crippen molar-refractivity contribution < 1.29 is 0 Å². The summed E-state index contributed by atoms with van der Waals surface area (Å²) in [6, 6.07) is 0. The number of rotatable bonds is 30. The van der Waals surface area contributed by atoms with Gasteiger partial charge in [-0.15, -0.1) is 17.2 Å². The average Bonchev–Trinajstić information content (AvgIpc) is 2.83. The highest BCUT2D eigenvalue weighted by molar-refractivity contribution is 7.39. The van der Waals surface area contributed by atoms with Gasteiger partial charge in [0.15, 0.2) is 0 Å². The highest BCUT2D eigenvalue weighted by Gasteiger charge is 1.96. The zero-order valence-corrected chi connectivity index (χ0v) is 25.5. The molecule has 0 rings (SSSR count). The van der Waals surface area contributed by atoms with Gasteiger partial charge in [-0.1, -0.05) is 155 Å². The summed E-state index contributed by atoms with van der Waals surface area (Å²) < 4.78 is 0. The molecule has 33 heavy (non-hydrogen) atoms. The van der Waals surface area contributed by atoms with Crippen molar-refractivity contribution in [3.05, 3.63) is 0 Å². The van der Waals surface area contributed by atoms with Gasteiger partial charge in [0.05, 0.1) is 0 Å². The van der Waals surface area contributed by atoms with E-state index >= 15 is 0 Å². The third-order valence-electron chi connectivity index (χ3n) is 7.12. The lowest BCUT2D eigenvalue weighted by atomic mass is 10.1. The van der Waals surface area contributed by atoms with Crippen LogP contribution in [0.2, 0.25) is 0 Å². The molecular weight excluding hydrogens is 434 g/mol. The molecule has 0 heterocycles. The van der Waals surface area contributed by atoms with Crippen LogP contribution in [0, 0.1) is 0 Å². The largest absolute Gasteiger partial charge is 0.122 e. The van der Waals surface area contributed by atoms with Crippen molar-refractivity contribution in [2.24, 2.45) is 0 Å². The van der Waals surface area contributed by atoms with E-state index in [4.69, 9.17) is 0 Å². The molecule has 0 nitrogen and oxygen atoms in total. The van der Waals surface area contributed by atoms with E-state index in [2.05, 4.69) is 13.8 Å². The second-order valence-electron chi connectivity index (χ2n) is 10.6. The van der Waals surface area contributed by atoms with Crippen LogP contribution in [0.5, 0.6) is 0 Å². The van der Waals surface area contributed by atoms with Crippen LogP contribution < -0.4 is 0 Å². The third kappa shape index (κ3) is 32.9. The molecule has 0 aromatic rings. The molecule has 0 aliphatic heterocycles. The first kappa shape index (κ1) is 33.9. The Morgan fingerprint density at radius 1 is 0.242 bits per heavy atom. The molecule has 0 aliphatic carbocycles. The quantitative estimate of drug-likeness (QED) is 0.0679. The first-order valence-electron chi connectivity index (χ1n) is 15.8. The minimum Gasteiger partial charge on any atom is -0.122 e. The highest BCUT2D eigenvalue weighted by atomic mass is 31.1. The van der Waals surface area contributed by atoms with Crippen LogP contribution in [0.1, 0.15) is 174 Å². The molecule has 2 unspecified atom stereocenters. The highest BCUT2D eigenvalue weighted by Crippen LogP contribution is 2.21. The van der Waals surface area contributed by atoms with Gasteiger partial charge < -0.3 is 0 Å². The topological polar surface area (TPSA) is 0 Å². The minimum absolute atomic E-state index is 1.26. The SMILES string of the molecule is CCCCCCCCCCCCCCPCCCPCCCCCCCCCCCCCC. The van der Waals surface area contributed by atoms with Crippen molar-refractivity contribution in [1.29, 1.82) is 0 Å². The van der Waals surface area contributed by atoms with Crippen molar-refractivity contribution in [3.63, 3.8) is 0 Å². The molecule has 200 valence electrons. The van der Waals surface area contributed by atoms with E-state index in [-0.39, 0.29) is 0 Å². The Kier molecular flexibility index (Phi) is 33.7. The van der Waals surface area contributed by atoms with Crippen LogP contribution in [-0.2, 0) is 0 Å². The predicted molar refractivity (Wildman–Crippen MR) is 163 cm³/mol. The summed E-state index contributed by atoms with van der Waals surface area (Å²) in [6.07, 6.45) is 43.1. The van der Waals surface area contributed by atoms with E-state index in [0.717, 1.165) is 0 Å². The number of hydrogen-bond donors (Lipinski definition) is 0. The molecule has 0 amide bonds. The van der Waals surface area contributed by atoms with Gasteiger partial charge in [-0.2, -0.15) is 0 Å². The maximum atomic E-state index is 2.31. The predicted octanol–water partition coefficient (Wildman–Crippen LogP) is 12.1. The summed E-state index contributed by atoms with van der Waals surface area (Å²) >= 11 is 0. The summed E-state index contributed by atoms with van der Waals surface area (Å²) in [4.78, 5) is 0. The molecule has 0 radical (unpaired) electrons. The Hall–Kier alpha value is 0.860. The summed E-state index contributed by atoms with van der Waals surface area (Å²) in [7, 11) is 2.52. The van der Waals surface area contributed by atoms with Gasteiger partial charge in [0, 0.05) is 0 Å². The maximum Gasteiger partial charge on any atom is -0.0350 e. The van der Waals surface area contributed by atoms with Gasteiger partial charge in [0.25, 0.3) is 0 Å². The Balaban J connectivity index is 2.99. The van der Waals surface area contributed by atoms with E-state index in [9.17, 15) is 0 Å². The monoisotopic (exact) mass is 500 g/mol. The average molecular weight is 501 g/mol. The van der Waals surface area contributed by atoms with Gasteiger partial charge in [-0.25, -0.2) is 0 Å². The normalized spacial score (nSPS) is 12.2. The van der Waals surface area contributed by atoms with E-state index in [1.807, 2.05) is 0 Å². The van der Waals surface area contributed by atoms with Gasteiger partial charge in [-0.3, -0.25) is 0 Å². The summed E-state index contributed by atoms with van der Waals surface area (Å²) in [5.41, 5.74) is 0. The van der Waals surface area contributed by atoms with E-state index < -0.39 is 0 Å². The van der Waals surface area contributed by atoms with Crippen molar-refractivity contribution >= 4 is 17.2 Å². The van der Waals surface area contributed by atoms with Crippen molar-refractivity contribution in [3.8, 4) is 0 Å². The Labute approximate surface area is 216 Å². The third-order valence-corrected chi connectivity index (χ3v) is 9.95. The molecule has 0 aliphatic rings. The van der Waals surface area contributed by atoms with Crippen LogP contribution in [0.4, 0.5) is 0 Å². The zero-order valence-electron chi connectivity index (χ0n) is 23.5. The van der Waals surface area contributed by atoms with Gasteiger partial charge in [0.1, 0.15) is 0 Å². The van der Waals surface area contributed by atoms with Gasteiger partial charge in [-0.05, 0) is 43.9 Å². The van der Waals surface area contributed by atoms with E-state index in [1.165, 1.54) is 202 Å². The second kappa shape index (κ2) is 32.9. The first-order chi connectivity index (χ1) is 16.4. The Morgan fingerprint density at radius 2 is 0.455 bits per heavy atom. The van der Waals surface area contributed by atoms with E-state index in [0.29, 0.717) is 0 Å². The maximum absolute atomic E-state index is 2.31. The molecule has 0 spiro atoms. The Morgan fingerprint density at radius 3 is 0.727 bits per heavy atom. The molecule has 2 heteroatoms. The molecule has 0 fully saturated rings. The summed E-state index contributed by atoms with van der Waals surface area (Å²) in [5.74, 6) is 0. The fourth-order valence-electron chi connectivity index (χ4n) is 4.77.